The highest BCUT2D eigenvalue weighted by Gasteiger charge is 2.13. The summed E-state index contributed by atoms with van der Waals surface area (Å²) < 4.78 is 5.08. The summed E-state index contributed by atoms with van der Waals surface area (Å²) in [7, 11) is 3.09. The van der Waals surface area contributed by atoms with Crippen LogP contribution in [0.15, 0.2) is 24.3 Å². The molecular weight excluding hydrogens is 258 g/mol. The third-order valence-corrected chi connectivity index (χ3v) is 2.88. The average Bonchev–Trinajstić information content (AvgIpc) is 2.47. The van der Waals surface area contributed by atoms with E-state index in [0.717, 1.165) is 17.7 Å². The number of carbonyl (C=O) groups excluding carboxylic acids is 2. The molecule has 1 atom stereocenters. The van der Waals surface area contributed by atoms with Gasteiger partial charge in [0.2, 0.25) is 5.91 Å². The molecule has 0 saturated heterocycles. The van der Waals surface area contributed by atoms with E-state index in [-0.39, 0.29) is 5.91 Å². The quantitative estimate of drug-likeness (QED) is 0.715. The van der Waals surface area contributed by atoms with Gasteiger partial charge in [0.1, 0.15) is 5.75 Å². The van der Waals surface area contributed by atoms with Crippen LogP contribution in [0.3, 0.4) is 0 Å². The maximum absolute atomic E-state index is 11.6. The number of rotatable bonds is 6. The van der Waals surface area contributed by atoms with Crippen molar-refractivity contribution in [2.75, 3.05) is 20.7 Å². The monoisotopic (exact) mass is 279 g/mol. The molecule has 0 radical (unpaired) electrons. The molecule has 0 fully saturated rings. The molecule has 0 bridgehead atoms. The fourth-order valence-corrected chi connectivity index (χ4v) is 1.60. The summed E-state index contributed by atoms with van der Waals surface area (Å²) in [5, 5.41) is 7.62. The van der Waals surface area contributed by atoms with E-state index in [1.807, 2.05) is 24.3 Å². The molecule has 1 unspecified atom stereocenters. The zero-order valence-electron chi connectivity index (χ0n) is 12.0. The van der Waals surface area contributed by atoms with Gasteiger partial charge in [-0.2, -0.15) is 0 Å². The third-order valence-electron chi connectivity index (χ3n) is 2.88. The fraction of sp³-hybridized carbons (Fsp3) is 0.429. The highest BCUT2D eigenvalue weighted by atomic mass is 16.5. The number of hydrogen-bond acceptors (Lipinski definition) is 4. The Hall–Kier alpha value is -2.08. The van der Waals surface area contributed by atoms with Gasteiger partial charge < -0.3 is 15.4 Å². The van der Waals surface area contributed by atoms with Gasteiger partial charge in [-0.25, -0.2) is 4.79 Å². The summed E-state index contributed by atoms with van der Waals surface area (Å²) in [6.07, 6.45) is 0.793. The molecule has 110 valence electrons. The van der Waals surface area contributed by atoms with E-state index in [4.69, 9.17) is 4.74 Å². The van der Waals surface area contributed by atoms with Crippen LogP contribution in [0.5, 0.6) is 5.75 Å². The Bertz CT molecular complexity index is 445. The molecule has 0 saturated carbocycles. The third kappa shape index (κ3) is 5.27. The van der Waals surface area contributed by atoms with Crippen LogP contribution >= 0.6 is 0 Å². The zero-order chi connectivity index (χ0) is 15.0. The van der Waals surface area contributed by atoms with Gasteiger partial charge in [0.15, 0.2) is 0 Å². The van der Waals surface area contributed by atoms with Crippen LogP contribution in [0.4, 0.5) is 4.79 Å². The number of amides is 3. The highest BCUT2D eigenvalue weighted by Crippen LogP contribution is 2.11. The second-order valence-electron chi connectivity index (χ2n) is 4.34. The van der Waals surface area contributed by atoms with E-state index in [1.165, 1.54) is 7.05 Å². The van der Waals surface area contributed by atoms with Crippen molar-refractivity contribution >= 4 is 11.9 Å². The minimum Gasteiger partial charge on any atom is -0.497 e. The summed E-state index contributed by atoms with van der Waals surface area (Å²) in [6.45, 7) is 2.36. The van der Waals surface area contributed by atoms with Crippen LogP contribution in [-0.4, -0.2) is 38.7 Å². The largest absolute Gasteiger partial charge is 0.497 e. The smallest absolute Gasteiger partial charge is 0.321 e. The van der Waals surface area contributed by atoms with Gasteiger partial charge >= 0.3 is 6.03 Å². The van der Waals surface area contributed by atoms with Gasteiger partial charge in [0.05, 0.1) is 13.2 Å². The molecular formula is C14H21N3O3. The molecule has 0 aliphatic rings. The molecule has 0 heterocycles. The number of carbonyl (C=O) groups is 2. The van der Waals surface area contributed by atoms with Crippen LogP contribution in [-0.2, 0) is 11.2 Å². The molecule has 3 N–H and O–H groups in total. The second-order valence-corrected chi connectivity index (χ2v) is 4.34. The molecule has 1 aromatic carbocycles. The van der Waals surface area contributed by atoms with Gasteiger partial charge in [0, 0.05) is 7.05 Å². The van der Waals surface area contributed by atoms with Gasteiger partial charge in [-0.15, -0.1) is 0 Å². The highest BCUT2D eigenvalue weighted by molar-refractivity contribution is 5.96. The Kier molecular flexibility index (Phi) is 6.52. The van der Waals surface area contributed by atoms with Crippen LogP contribution in [0.2, 0.25) is 0 Å². The van der Waals surface area contributed by atoms with Crippen LogP contribution < -0.4 is 20.7 Å². The first kappa shape index (κ1) is 16.0. The Morgan fingerprint density at radius 2 is 1.90 bits per heavy atom. The number of methoxy groups -OCH3 is 1. The molecule has 6 nitrogen and oxygen atoms in total. The predicted molar refractivity (Wildman–Crippen MR) is 76.8 cm³/mol. The summed E-state index contributed by atoms with van der Waals surface area (Å²) >= 11 is 0. The van der Waals surface area contributed by atoms with Crippen LogP contribution in [0.25, 0.3) is 0 Å². The number of hydrogen-bond donors (Lipinski definition) is 3. The van der Waals surface area contributed by atoms with Crippen molar-refractivity contribution in [3.8, 4) is 5.75 Å². The first-order chi connectivity index (χ1) is 9.56. The van der Waals surface area contributed by atoms with Gasteiger partial charge in [0.25, 0.3) is 0 Å². The Morgan fingerprint density at radius 3 is 2.45 bits per heavy atom. The van der Waals surface area contributed by atoms with E-state index in [0.29, 0.717) is 6.54 Å². The predicted octanol–water partition coefficient (Wildman–Crippen LogP) is 0.671. The molecule has 0 spiro atoms. The molecule has 20 heavy (non-hydrogen) atoms. The lowest BCUT2D eigenvalue weighted by Crippen LogP contribution is -2.47. The molecule has 0 aliphatic carbocycles. The minimum absolute atomic E-state index is 0.348. The topological polar surface area (TPSA) is 79.5 Å². The lowest BCUT2D eigenvalue weighted by atomic mass is 10.1. The van der Waals surface area contributed by atoms with Gasteiger partial charge in [-0.1, -0.05) is 12.1 Å². The number of urea groups is 1. The molecule has 6 heteroatoms. The Morgan fingerprint density at radius 1 is 1.25 bits per heavy atom. The van der Waals surface area contributed by atoms with Crippen molar-refractivity contribution in [2.45, 2.75) is 19.4 Å². The van der Waals surface area contributed by atoms with Crippen molar-refractivity contribution in [2.24, 2.45) is 0 Å². The van der Waals surface area contributed by atoms with Gasteiger partial charge in [-0.3, -0.25) is 10.1 Å². The second kappa shape index (κ2) is 8.16. The average molecular weight is 279 g/mol. The van der Waals surface area contributed by atoms with Crippen LogP contribution in [0.1, 0.15) is 12.5 Å². The molecule has 0 aromatic heterocycles. The molecule has 0 aliphatic heterocycles. The maximum atomic E-state index is 11.6. The summed E-state index contributed by atoms with van der Waals surface area (Å²) in [5.41, 5.74) is 1.15. The number of nitrogens with one attached hydrogen (secondary N) is 3. The van der Waals surface area contributed by atoms with E-state index < -0.39 is 12.1 Å². The standard InChI is InChI=1S/C14H21N3O3/c1-10(13(18)17-14(19)15-2)16-9-8-11-4-6-12(20-3)7-5-11/h4-7,10,16H,8-9H2,1-3H3,(H2,15,17,18,19). The summed E-state index contributed by atoms with van der Waals surface area (Å²) in [6, 6.07) is 6.84. The van der Waals surface area contributed by atoms with Crippen molar-refractivity contribution in [3.63, 3.8) is 0 Å². The van der Waals surface area contributed by atoms with Gasteiger partial charge in [-0.05, 0) is 37.6 Å². The molecule has 3 amide bonds. The summed E-state index contributed by atoms with van der Waals surface area (Å²) in [4.78, 5) is 22.6. The first-order valence-corrected chi connectivity index (χ1v) is 6.45. The fourth-order valence-electron chi connectivity index (χ4n) is 1.60. The summed E-state index contributed by atoms with van der Waals surface area (Å²) in [5.74, 6) is 0.471. The normalized spacial score (nSPS) is 11.6. The van der Waals surface area contributed by atoms with Crippen molar-refractivity contribution < 1.29 is 14.3 Å². The van der Waals surface area contributed by atoms with E-state index in [9.17, 15) is 9.59 Å². The SMILES string of the molecule is CNC(=O)NC(=O)C(C)NCCc1ccc(OC)cc1. The number of ether oxygens (including phenoxy) is 1. The lowest BCUT2D eigenvalue weighted by molar-refractivity contribution is -0.121. The Balaban J connectivity index is 2.32. The zero-order valence-corrected chi connectivity index (χ0v) is 12.0. The number of benzene rings is 1. The number of imide groups is 1. The Labute approximate surface area is 118 Å². The van der Waals surface area contributed by atoms with E-state index in [1.54, 1.807) is 14.0 Å². The molecule has 1 rings (SSSR count). The first-order valence-electron chi connectivity index (χ1n) is 6.45. The minimum atomic E-state index is -0.501. The van der Waals surface area contributed by atoms with Crippen molar-refractivity contribution in [3.05, 3.63) is 29.8 Å². The van der Waals surface area contributed by atoms with Crippen molar-refractivity contribution in [1.82, 2.24) is 16.0 Å². The van der Waals surface area contributed by atoms with Crippen molar-refractivity contribution in [1.29, 1.82) is 0 Å². The van der Waals surface area contributed by atoms with E-state index >= 15 is 0 Å². The lowest BCUT2D eigenvalue weighted by Gasteiger charge is -2.13. The van der Waals surface area contributed by atoms with E-state index in [2.05, 4.69) is 16.0 Å². The van der Waals surface area contributed by atoms with Crippen LogP contribution in [0, 0.1) is 0 Å². The molecule has 1 aromatic rings. The maximum Gasteiger partial charge on any atom is 0.321 e.